The first-order valence-electron chi connectivity index (χ1n) is 11.0. The molecule has 1 fully saturated rings. The molecule has 0 saturated carbocycles. The minimum atomic E-state index is -0.212. The molecule has 0 bridgehead atoms. The van der Waals surface area contributed by atoms with Crippen LogP contribution in [0.4, 0.5) is 21.8 Å². The largest absolute Gasteiger partial charge is 0.355 e. The van der Waals surface area contributed by atoms with Crippen LogP contribution in [-0.4, -0.2) is 29.1 Å². The molecule has 1 saturated heterocycles. The number of hydrogen-bond acceptors (Lipinski definition) is 6. The Morgan fingerprint density at radius 1 is 1.16 bits per heavy atom. The summed E-state index contributed by atoms with van der Waals surface area (Å²) in [4.78, 5) is 11.7. The SMILES string of the molecule is CCCc1cc(N2CC[C@H](NCc3ccc(F)cc3)C2)nc(Nc2cccc(C#N)c2)n1. The number of rotatable bonds is 8. The number of nitrogens with one attached hydrogen (secondary N) is 2. The smallest absolute Gasteiger partial charge is 0.229 e. The summed E-state index contributed by atoms with van der Waals surface area (Å²) >= 11 is 0. The summed E-state index contributed by atoms with van der Waals surface area (Å²) in [7, 11) is 0. The second-order valence-electron chi connectivity index (χ2n) is 8.05. The number of benzene rings is 2. The zero-order valence-corrected chi connectivity index (χ0v) is 18.2. The van der Waals surface area contributed by atoms with Crippen LogP contribution in [0.25, 0.3) is 0 Å². The van der Waals surface area contributed by atoms with Crippen molar-refractivity contribution in [3.63, 3.8) is 0 Å². The molecule has 4 rings (SSSR count). The number of nitrogens with zero attached hydrogens (tertiary/aromatic N) is 4. The molecule has 2 heterocycles. The fourth-order valence-electron chi connectivity index (χ4n) is 3.88. The average molecular weight is 431 g/mol. The molecular formula is C25H27FN6. The van der Waals surface area contributed by atoms with E-state index in [1.165, 1.54) is 12.1 Å². The lowest BCUT2D eigenvalue weighted by atomic mass is 10.2. The Morgan fingerprint density at radius 3 is 2.78 bits per heavy atom. The van der Waals surface area contributed by atoms with E-state index in [-0.39, 0.29) is 5.82 Å². The lowest BCUT2D eigenvalue weighted by Crippen LogP contribution is -2.32. The first-order chi connectivity index (χ1) is 15.6. The topological polar surface area (TPSA) is 76.9 Å². The predicted octanol–water partition coefficient (Wildman–Crippen LogP) is 4.55. The summed E-state index contributed by atoms with van der Waals surface area (Å²) in [5, 5.41) is 16.0. The first kappa shape index (κ1) is 21.7. The molecule has 0 radical (unpaired) electrons. The molecule has 2 aromatic carbocycles. The van der Waals surface area contributed by atoms with E-state index >= 15 is 0 Å². The predicted molar refractivity (Wildman–Crippen MR) is 124 cm³/mol. The van der Waals surface area contributed by atoms with E-state index < -0.39 is 0 Å². The van der Waals surface area contributed by atoms with Gasteiger partial charge in [0.2, 0.25) is 5.95 Å². The van der Waals surface area contributed by atoms with Gasteiger partial charge in [-0.25, -0.2) is 9.37 Å². The van der Waals surface area contributed by atoms with E-state index in [0.29, 0.717) is 24.1 Å². The van der Waals surface area contributed by atoms with Crippen LogP contribution in [0, 0.1) is 17.1 Å². The van der Waals surface area contributed by atoms with E-state index in [1.54, 1.807) is 12.1 Å². The van der Waals surface area contributed by atoms with Crippen molar-refractivity contribution < 1.29 is 4.39 Å². The monoisotopic (exact) mass is 430 g/mol. The third-order valence-electron chi connectivity index (χ3n) is 5.54. The molecule has 1 aromatic heterocycles. The van der Waals surface area contributed by atoms with E-state index in [0.717, 1.165) is 55.1 Å². The minimum Gasteiger partial charge on any atom is -0.355 e. The maximum atomic E-state index is 13.1. The molecule has 32 heavy (non-hydrogen) atoms. The van der Waals surface area contributed by atoms with E-state index in [2.05, 4.69) is 39.6 Å². The maximum absolute atomic E-state index is 13.1. The first-order valence-corrected chi connectivity index (χ1v) is 11.0. The van der Waals surface area contributed by atoms with Gasteiger partial charge in [0, 0.05) is 43.1 Å². The fourth-order valence-corrected chi connectivity index (χ4v) is 3.88. The van der Waals surface area contributed by atoms with Gasteiger partial charge < -0.3 is 15.5 Å². The summed E-state index contributed by atoms with van der Waals surface area (Å²) in [5.74, 6) is 1.24. The highest BCUT2D eigenvalue weighted by Crippen LogP contribution is 2.23. The van der Waals surface area contributed by atoms with Gasteiger partial charge in [0.1, 0.15) is 11.6 Å². The molecule has 2 N–H and O–H groups in total. The molecule has 6 nitrogen and oxygen atoms in total. The molecule has 164 valence electrons. The van der Waals surface area contributed by atoms with Crippen LogP contribution < -0.4 is 15.5 Å². The number of hydrogen-bond donors (Lipinski definition) is 2. The summed E-state index contributed by atoms with van der Waals surface area (Å²) in [6, 6.07) is 18.5. The highest BCUT2D eigenvalue weighted by molar-refractivity contribution is 5.58. The van der Waals surface area contributed by atoms with Crippen molar-refractivity contribution in [2.24, 2.45) is 0 Å². The third kappa shape index (κ3) is 5.59. The number of anilines is 3. The zero-order chi connectivity index (χ0) is 22.3. The second kappa shape index (κ2) is 10.2. The Balaban J connectivity index is 1.45. The van der Waals surface area contributed by atoms with Crippen LogP contribution in [0.15, 0.2) is 54.6 Å². The van der Waals surface area contributed by atoms with Crippen LogP contribution in [0.1, 0.15) is 36.6 Å². The summed E-state index contributed by atoms with van der Waals surface area (Å²) < 4.78 is 13.1. The van der Waals surface area contributed by atoms with E-state index in [1.807, 2.05) is 24.3 Å². The van der Waals surface area contributed by atoms with Crippen molar-refractivity contribution in [1.82, 2.24) is 15.3 Å². The number of aromatic nitrogens is 2. The van der Waals surface area contributed by atoms with Gasteiger partial charge in [0.25, 0.3) is 0 Å². The normalized spacial score (nSPS) is 15.5. The number of nitriles is 1. The standard InChI is InChI=1S/C25H27FN6/c1-2-4-21-14-24(31-25(29-21)30-22-6-3-5-19(13-22)15-27)32-12-11-23(17-32)28-16-18-7-9-20(26)10-8-18/h3,5-10,13-14,23,28H,2,4,11-12,16-17H2,1H3,(H,29,30,31)/t23-/m0/s1. The molecule has 7 heteroatoms. The number of halogens is 1. The van der Waals surface area contributed by atoms with Gasteiger partial charge in [-0.1, -0.05) is 31.5 Å². The van der Waals surface area contributed by atoms with Gasteiger partial charge in [0.15, 0.2) is 0 Å². The average Bonchev–Trinajstić information content (AvgIpc) is 3.28. The molecule has 0 aliphatic carbocycles. The Kier molecular flexibility index (Phi) is 6.93. The number of aryl methyl sites for hydroxylation is 1. The van der Waals surface area contributed by atoms with Crippen LogP contribution in [0.5, 0.6) is 0 Å². The van der Waals surface area contributed by atoms with Gasteiger partial charge in [-0.2, -0.15) is 10.2 Å². The lowest BCUT2D eigenvalue weighted by Gasteiger charge is -2.20. The van der Waals surface area contributed by atoms with Gasteiger partial charge in [-0.05, 0) is 48.7 Å². The highest BCUT2D eigenvalue weighted by Gasteiger charge is 2.24. The fraction of sp³-hybridized carbons (Fsp3) is 0.320. The summed E-state index contributed by atoms with van der Waals surface area (Å²) in [6.45, 7) is 4.61. The quantitative estimate of drug-likeness (QED) is 0.546. The zero-order valence-electron chi connectivity index (χ0n) is 18.2. The molecule has 0 unspecified atom stereocenters. The molecule has 1 aliphatic heterocycles. The minimum absolute atomic E-state index is 0.212. The maximum Gasteiger partial charge on any atom is 0.229 e. The van der Waals surface area contributed by atoms with Crippen LogP contribution in [0.2, 0.25) is 0 Å². The Hall–Kier alpha value is -3.50. The van der Waals surface area contributed by atoms with Gasteiger partial charge in [-0.15, -0.1) is 0 Å². The Labute approximate surface area is 188 Å². The van der Waals surface area contributed by atoms with Gasteiger partial charge >= 0.3 is 0 Å². The molecule has 0 spiro atoms. The molecular weight excluding hydrogens is 403 g/mol. The van der Waals surface area contributed by atoms with Crippen molar-refractivity contribution in [2.75, 3.05) is 23.3 Å². The lowest BCUT2D eigenvalue weighted by molar-refractivity contribution is 0.550. The third-order valence-corrected chi connectivity index (χ3v) is 5.54. The second-order valence-corrected chi connectivity index (χ2v) is 8.05. The van der Waals surface area contributed by atoms with Crippen LogP contribution >= 0.6 is 0 Å². The molecule has 1 atom stereocenters. The van der Waals surface area contributed by atoms with Crippen LogP contribution in [0.3, 0.4) is 0 Å². The van der Waals surface area contributed by atoms with Crippen molar-refractivity contribution in [3.8, 4) is 6.07 Å². The van der Waals surface area contributed by atoms with Crippen molar-refractivity contribution in [2.45, 2.75) is 38.8 Å². The highest BCUT2D eigenvalue weighted by atomic mass is 19.1. The van der Waals surface area contributed by atoms with Crippen molar-refractivity contribution in [1.29, 1.82) is 5.26 Å². The summed E-state index contributed by atoms with van der Waals surface area (Å²) in [6.07, 6.45) is 2.89. The van der Waals surface area contributed by atoms with Crippen LogP contribution in [-0.2, 0) is 13.0 Å². The van der Waals surface area contributed by atoms with E-state index in [9.17, 15) is 4.39 Å². The van der Waals surface area contributed by atoms with E-state index in [4.69, 9.17) is 10.2 Å². The molecule has 3 aromatic rings. The van der Waals surface area contributed by atoms with Gasteiger partial charge in [0.05, 0.1) is 11.6 Å². The summed E-state index contributed by atoms with van der Waals surface area (Å²) in [5.41, 5.74) is 3.46. The Bertz CT molecular complexity index is 1090. The van der Waals surface area contributed by atoms with Crippen molar-refractivity contribution in [3.05, 3.63) is 77.2 Å². The van der Waals surface area contributed by atoms with Crippen molar-refractivity contribution >= 4 is 17.5 Å². The molecule has 0 amide bonds. The van der Waals surface area contributed by atoms with Gasteiger partial charge in [-0.3, -0.25) is 0 Å². The Morgan fingerprint density at radius 2 is 2.00 bits per heavy atom. The molecule has 1 aliphatic rings.